The van der Waals surface area contributed by atoms with Crippen molar-refractivity contribution in [2.75, 3.05) is 16.8 Å². The van der Waals surface area contributed by atoms with E-state index in [0.29, 0.717) is 12.3 Å². The summed E-state index contributed by atoms with van der Waals surface area (Å²) < 4.78 is 33.5. The van der Waals surface area contributed by atoms with E-state index in [-0.39, 0.29) is 10.6 Å². The number of nitrogens with one attached hydrogen (secondary N) is 2. The number of anilines is 2. The van der Waals surface area contributed by atoms with E-state index in [4.69, 9.17) is 4.74 Å². The molecule has 0 aliphatic heterocycles. The summed E-state index contributed by atoms with van der Waals surface area (Å²) in [6.45, 7) is 6.13. The lowest BCUT2D eigenvalue weighted by Gasteiger charge is -2.12. The van der Waals surface area contributed by atoms with Crippen LogP contribution in [0.15, 0.2) is 70.7 Å². The molecule has 10 heteroatoms. The average Bonchev–Trinajstić information content (AvgIpc) is 2.77. The zero-order valence-corrected chi connectivity index (χ0v) is 19.2. The third-order valence-corrected chi connectivity index (χ3v) is 6.06. The number of sulfonamides is 1. The van der Waals surface area contributed by atoms with Crippen LogP contribution in [0, 0.1) is 24.0 Å². The van der Waals surface area contributed by atoms with Gasteiger partial charge in [-0.1, -0.05) is 17.7 Å². The fourth-order valence-electron chi connectivity index (χ4n) is 3.05. The van der Waals surface area contributed by atoms with Crippen LogP contribution in [0.1, 0.15) is 23.6 Å². The first kappa shape index (κ1) is 23.7. The molecule has 0 heterocycles. The number of nitrogens with zero attached hydrogens (tertiary/aromatic N) is 2. The van der Waals surface area contributed by atoms with Crippen LogP contribution in [0.5, 0.6) is 5.75 Å². The summed E-state index contributed by atoms with van der Waals surface area (Å²) >= 11 is 0. The van der Waals surface area contributed by atoms with Gasteiger partial charge in [0, 0.05) is 6.07 Å². The molecule has 0 unspecified atom stereocenters. The molecule has 0 saturated heterocycles. The molecule has 0 bridgehead atoms. The van der Waals surface area contributed by atoms with Crippen molar-refractivity contribution >= 4 is 33.3 Å². The summed E-state index contributed by atoms with van der Waals surface area (Å²) in [6, 6.07) is 16.0. The first-order chi connectivity index (χ1) is 15.7. The first-order valence-electron chi connectivity index (χ1n) is 10.1. The Labute approximate surface area is 192 Å². The van der Waals surface area contributed by atoms with Gasteiger partial charge in [0.2, 0.25) is 0 Å². The highest BCUT2D eigenvalue weighted by molar-refractivity contribution is 7.92. The molecular weight excluding hydrogens is 444 g/mol. The van der Waals surface area contributed by atoms with Crippen molar-refractivity contribution < 1.29 is 18.1 Å². The van der Waals surface area contributed by atoms with Crippen LogP contribution in [0.4, 0.5) is 17.1 Å². The highest BCUT2D eigenvalue weighted by Crippen LogP contribution is 2.29. The van der Waals surface area contributed by atoms with Gasteiger partial charge in [0.05, 0.1) is 28.3 Å². The predicted molar refractivity (Wildman–Crippen MR) is 129 cm³/mol. The molecule has 3 aromatic rings. The summed E-state index contributed by atoms with van der Waals surface area (Å²) in [5.41, 5.74) is 5.16. The Bertz CT molecular complexity index is 1290. The molecule has 3 aromatic carbocycles. The number of ether oxygens (including phenoxy) is 1. The fourth-order valence-corrected chi connectivity index (χ4v) is 4.20. The fraction of sp³-hybridized carbons (Fsp3) is 0.174. The van der Waals surface area contributed by atoms with Crippen LogP contribution in [-0.4, -0.2) is 26.2 Å². The molecule has 0 atom stereocenters. The Hall–Kier alpha value is -3.92. The minimum atomic E-state index is -4.03. The molecule has 0 radical (unpaired) electrons. The van der Waals surface area contributed by atoms with E-state index in [0.717, 1.165) is 28.5 Å². The van der Waals surface area contributed by atoms with Gasteiger partial charge < -0.3 is 4.74 Å². The Morgan fingerprint density at radius 2 is 1.73 bits per heavy atom. The first-order valence-corrected chi connectivity index (χ1v) is 11.6. The van der Waals surface area contributed by atoms with E-state index in [1.165, 1.54) is 18.3 Å². The topological polar surface area (TPSA) is 123 Å². The molecular formula is C23H24N4O5S. The third-order valence-electron chi connectivity index (χ3n) is 4.69. The molecule has 3 rings (SSSR count). The standard InChI is InChI=1S/C23H24N4O5S/c1-4-32-19-8-6-18(7-9-19)15-24-25-22-12-10-20(14-23(22)27(28)29)33(30,31)26-21-11-5-16(2)13-17(21)3/h5-15,25-26H,4H2,1-3H3/b24-15+. The van der Waals surface area contributed by atoms with Crippen molar-refractivity contribution in [3.05, 3.63) is 87.5 Å². The SMILES string of the molecule is CCOc1ccc(/C=N/Nc2ccc(S(=O)(=O)Nc3ccc(C)cc3C)cc2[N+](=O)[O-])cc1. The van der Waals surface area contributed by atoms with E-state index < -0.39 is 20.6 Å². The third kappa shape index (κ3) is 6.07. The zero-order chi connectivity index (χ0) is 24.0. The summed E-state index contributed by atoms with van der Waals surface area (Å²) in [5, 5.41) is 15.6. The van der Waals surface area contributed by atoms with E-state index in [1.54, 1.807) is 43.3 Å². The number of hydrazone groups is 1. The molecule has 33 heavy (non-hydrogen) atoms. The monoisotopic (exact) mass is 468 g/mol. The average molecular weight is 469 g/mol. The molecule has 9 nitrogen and oxygen atoms in total. The summed E-state index contributed by atoms with van der Waals surface area (Å²) in [7, 11) is -4.03. The zero-order valence-electron chi connectivity index (χ0n) is 18.4. The van der Waals surface area contributed by atoms with Gasteiger partial charge in [0.15, 0.2) is 0 Å². The number of hydrogen-bond acceptors (Lipinski definition) is 7. The predicted octanol–water partition coefficient (Wildman–Crippen LogP) is 4.86. The van der Waals surface area contributed by atoms with Gasteiger partial charge in [-0.2, -0.15) is 5.10 Å². The maximum Gasteiger partial charge on any atom is 0.295 e. The molecule has 2 N–H and O–H groups in total. The second kappa shape index (κ2) is 10.1. The highest BCUT2D eigenvalue weighted by Gasteiger charge is 2.22. The highest BCUT2D eigenvalue weighted by atomic mass is 32.2. The van der Waals surface area contributed by atoms with Crippen LogP contribution in [-0.2, 0) is 10.0 Å². The van der Waals surface area contributed by atoms with Crippen LogP contribution in [0.2, 0.25) is 0 Å². The number of nitro benzene ring substituents is 1. The van der Waals surface area contributed by atoms with Crippen molar-refractivity contribution in [1.29, 1.82) is 0 Å². The van der Waals surface area contributed by atoms with Gasteiger partial charge in [-0.3, -0.25) is 20.3 Å². The van der Waals surface area contributed by atoms with Gasteiger partial charge in [-0.15, -0.1) is 0 Å². The Morgan fingerprint density at radius 1 is 1.03 bits per heavy atom. The number of hydrogen-bond donors (Lipinski definition) is 2. The molecule has 0 spiro atoms. The van der Waals surface area contributed by atoms with E-state index in [9.17, 15) is 18.5 Å². The molecule has 0 aliphatic rings. The van der Waals surface area contributed by atoms with Crippen LogP contribution < -0.4 is 14.9 Å². The van der Waals surface area contributed by atoms with Crippen molar-refractivity contribution in [2.24, 2.45) is 5.10 Å². The largest absolute Gasteiger partial charge is 0.494 e. The normalized spacial score (nSPS) is 11.4. The van der Waals surface area contributed by atoms with E-state index >= 15 is 0 Å². The second-order valence-electron chi connectivity index (χ2n) is 7.23. The minimum Gasteiger partial charge on any atom is -0.494 e. The Balaban J connectivity index is 1.80. The lowest BCUT2D eigenvalue weighted by atomic mass is 10.1. The molecule has 0 amide bonds. The Kier molecular flexibility index (Phi) is 7.29. The summed E-state index contributed by atoms with van der Waals surface area (Å²) in [5.74, 6) is 0.726. The molecule has 0 fully saturated rings. The smallest absolute Gasteiger partial charge is 0.295 e. The number of aryl methyl sites for hydroxylation is 2. The van der Waals surface area contributed by atoms with Gasteiger partial charge in [0.1, 0.15) is 11.4 Å². The molecule has 172 valence electrons. The van der Waals surface area contributed by atoms with Gasteiger partial charge in [0.25, 0.3) is 15.7 Å². The molecule has 0 saturated carbocycles. The summed E-state index contributed by atoms with van der Waals surface area (Å²) in [6.07, 6.45) is 1.49. The summed E-state index contributed by atoms with van der Waals surface area (Å²) in [4.78, 5) is 10.7. The molecule has 0 aliphatic carbocycles. The van der Waals surface area contributed by atoms with E-state index in [1.807, 2.05) is 19.9 Å². The maximum absolute atomic E-state index is 12.8. The van der Waals surface area contributed by atoms with Crippen LogP contribution in [0.25, 0.3) is 0 Å². The van der Waals surface area contributed by atoms with Gasteiger partial charge in [-0.25, -0.2) is 8.42 Å². The second-order valence-corrected chi connectivity index (χ2v) is 8.91. The lowest BCUT2D eigenvalue weighted by Crippen LogP contribution is -2.14. The van der Waals surface area contributed by atoms with E-state index in [2.05, 4.69) is 15.2 Å². The minimum absolute atomic E-state index is 0.0626. The van der Waals surface area contributed by atoms with Crippen molar-refractivity contribution in [2.45, 2.75) is 25.7 Å². The number of nitro groups is 1. The van der Waals surface area contributed by atoms with Crippen molar-refractivity contribution in [3.63, 3.8) is 0 Å². The van der Waals surface area contributed by atoms with Crippen LogP contribution in [0.3, 0.4) is 0 Å². The number of rotatable bonds is 9. The Morgan fingerprint density at radius 3 is 2.36 bits per heavy atom. The van der Waals surface area contributed by atoms with Gasteiger partial charge in [-0.05, 0) is 74.4 Å². The quantitative estimate of drug-likeness (QED) is 0.263. The van der Waals surface area contributed by atoms with Crippen LogP contribution >= 0.6 is 0 Å². The van der Waals surface area contributed by atoms with Crippen molar-refractivity contribution in [1.82, 2.24) is 0 Å². The lowest BCUT2D eigenvalue weighted by molar-refractivity contribution is -0.384. The van der Waals surface area contributed by atoms with Gasteiger partial charge >= 0.3 is 0 Å². The molecule has 0 aromatic heterocycles. The maximum atomic E-state index is 12.8. The number of benzene rings is 3. The van der Waals surface area contributed by atoms with Crippen molar-refractivity contribution in [3.8, 4) is 5.75 Å².